The number of nitrogens with zero attached hydrogens (tertiary/aromatic N) is 2. The first-order valence-electron chi connectivity index (χ1n) is 8.38. The minimum atomic E-state index is 0.177. The second-order valence-corrected chi connectivity index (χ2v) is 11.8. The number of hydrogen-bond donors (Lipinski definition) is 2. The molecule has 2 N–H and O–H groups in total. The van der Waals surface area contributed by atoms with E-state index in [1.54, 1.807) is 22.7 Å². The van der Waals surface area contributed by atoms with Crippen LogP contribution in [0, 0.1) is 5.41 Å². The maximum atomic E-state index is 4.53. The van der Waals surface area contributed by atoms with E-state index in [9.17, 15) is 0 Å². The number of allylic oxidation sites excluding steroid dienone is 2. The first kappa shape index (κ1) is 20.5. The third-order valence-corrected chi connectivity index (χ3v) is 6.89. The number of halogens is 2. The Morgan fingerprint density at radius 3 is 2.15 bits per heavy atom. The van der Waals surface area contributed by atoms with Gasteiger partial charge in [0.1, 0.15) is 0 Å². The molecular weight excluding hydrogens is 508 g/mol. The fraction of sp³-hybridized carbons (Fsp3) is 0.263. The zero-order chi connectivity index (χ0) is 19.3. The quantitative estimate of drug-likeness (QED) is 0.370. The van der Waals surface area contributed by atoms with E-state index in [0.29, 0.717) is 5.96 Å². The Bertz CT molecular complexity index is 854. The van der Waals surface area contributed by atoms with Gasteiger partial charge in [0, 0.05) is 28.3 Å². The lowest BCUT2D eigenvalue weighted by Crippen LogP contribution is -2.46. The standard InChI is InChI=1S/C19H20Br2N4S2/c1-19(2)11-22-18(23-12-19)25-24-13(3-5-14-7-9-16(20)26-14)4-6-15-8-10-17(21)27-15/h3-10H,11-12H2,1-2H3,(H2,22,23,25)/b5-3+,6-4+. The summed E-state index contributed by atoms with van der Waals surface area (Å²) in [7, 11) is 0. The van der Waals surface area contributed by atoms with Crippen LogP contribution < -0.4 is 10.7 Å². The number of thiophene rings is 2. The number of hydrogen-bond acceptors (Lipinski definition) is 6. The van der Waals surface area contributed by atoms with Gasteiger partial charge in [-0.05, 0) is 80.4 Å². The van der Waals surface area contributed by atoms with Gasteiger partial charge in [-0.1, -0.05) is 13.8 Å². The highest BCUT2D eigenvalue weighted by Gasteiger charge is 2.21. The summed E-state index contributed by atoms with van der Waals surface area (Å²) in [5, 5.41) is 7.82. The lowest BCUT2D eigenvalue weighted by Gasteiger charge is -2.28. The maximum absolute atomic E-state index is 4.53. The fourth-order valence-corrected chi connectivity index (χ4v) is 4.87. The number of aliphatic imine (C=N–C) groups is 1. The first-order chi connectivity index (χ1) is 12.9. The van der Waals surface area contributed by atoms with Crippen molar-refractivity contribution in [3.05, 3.63) is 53.7 Å². The van der Waals surface area contributed by atoms with Crippen LogP contribution in [0.4, 0.5) is 0 Å². The maximum Gasteiger partial charge on any atom is 0.212 e. The molecule has 2 aromatic rings. The lowest BCUT2D eigenvalue weighted by molar-refractivity contribution is 0.358. The predicted octanol–water partition coefficient (Wildman–Crippen LogP) is 5.99. The van der Waals surface area contributed by atoms with Gasteiger partial charge in [0.2, 0.25) is 5.96 Å². The molecule has 0 aliphatic carbocycles. The van der Waals surface area contributed by atoms with Crippen LogP contribution in [0.15, 0.2) is 54.1 Å². The van der Waals surface area contributed by atoms with Gasteiger partial charge in [0.05, 0.1) is 13.3 Å². The van der Waals surface area contributed by atoms with E-state index in [1.807, 2.05) is 24.3 Å². The predicted molar refractivity (Wildman–Crippen MR) is 127 cm³/mol. The van der Waals surface area contributed by atoms with Crippen molar-refractivity contribution in [2.24, 2.45) is 15.5 Å². The van der Waals surface area contributed by atoms with Gasteiger partial charge in [0.15, 0.2) is 0 Å². The summed E-state index contributed by atoms with van der Waals surface area (Å²) in [5.41, 5.74) is 4.05. The zero-order valence-electron chi connectivity index (χ0n) is 15.0. The van der Waals surface area contributed by atoms with Crippen molar-refractivity contribution in [2.75, 3.05) is 13.1 Å². The molecule has 0 spiro atoms. The molecule has 0 saturated carbocycles. The average Bonchev–Trinajstić information content (AvgIpc) is 3.23. The molecule has 142 valence electrons. The SMILES string of the molecule is CC1(C)CN=C(NN=C(/C=C/c2ccc(Br)s2)/C=C/c2ccc(Br)s2)NC1. The van der Waals surface area contributed by atoms with Gasteiger partial charge in [-0.3, -0.25) is 4.99 Å². The average molecular weight is 528 g/mol. The molecule has 1 aliphatic heterocycles. The van der Waals surface area contributed by atoms with E-state index in [-0.39, 0.29) is 5.41 Å². The van der Waals surface area contributed by atoms with Gasteiger partial charge >= 0.3 is 0 Å². The molecule has 0 bridgehead atoms. The fourth-order valence-electron chi connectivity index (χ4n) is 2.22. The van der Waals surface area contributed by atoms with Crippen LogP contribution in [0.5, 0.6) is 0 Å². The topological polar surface area (TPSA) is 48.8 Å². The number of guanidine groups is 1. The van der Waals surface area contributed by atoms with E-state index in [4.69, 9.17) is 0 Å². The molecule has 0 radical (unpaired) electrons. The third-order valence-electron chi connectivity index (χ3n) is 3.72. The Hall–Kier alpha value is -1.22. The summed E-state index contributed by atoms with van der Waals surface area (Å²) in [5.74, 6) is 0.714. The van der Waals surface area contributed by atoms with E-state index < -0.39 is 0 Å². The number of nitrogens with one attached hydrogen (secondary N) is 2. The molecule has 3 rings (SSSR count). The monoisotopic (exact) mass is 526 g/mol. The van der Waals surface area contributed by atoms with Crippen LogP contribution in [-0.4, -0.2) is 24.8 Å². The van der Waals surface area contributed by atoms with Crippen molar-refractivity contribution in [1.29, 1.82) is 0 Å². The summed E-state index contributed by atoms with van der Waals surface area (Å²) < 4.78 is 2.22. The summed E-state index contributed by atoms with van der Waals surface area (Å²) in [6.07, 6.45) is 8.11. The van der Waals surface area contributed by atoms with E-state index in [2.05, 4.69) is 90.8 Å². The molecule has 3 heterocycles. The Morgan fingerprint density at radius 1 is 1.11 bits per heavy atom. The van der Waals surface area contributed by atoms with Gasteiger partial charge in [-0.2, -0.15) is 5.10 Å². The second-order valence-electron chi connectivity index (χ2n) is 6.78. The lowest BCUT2D eigenvalue weighted by atomic mass is 9.93. The molecule has 8 heteroatoms. The van der Waals surface area contributed by atoms with Crippen molar-refractivity contribution >= 4 is 78.4 Å². The first-order valence-corrected chi connectivity index (χ1v) is 11.6. The Balaban J connectivity index is 1.75. The summed E-state index contributed by atoms with van der Waals surface area (Å²) in [4.78, 5) is 6.86. The van der Waals surface area contributed by atoms with Crippen LogP contribution in [0.25, 0.3) is 12.2 Å². The van der Waals surface area contributed by atoms with E-state index in [1.165, 1.54) is 0 Å². The number of rotatable bonds is 5. The molecule has 0 fully saturated rings. The second kappa shape index (κ2) is 9.32. The molecule has 1 aliphatic rings. The number of hydrazone groups is 1. The molecule has 27 heavy (non-hydrogen) atoms. The third kappa shape index (κ3) is 6.71. The highest BCUT2D eigenvalue weighted by atomic mass is 79.9. The van der Waals surface area contributed by atoms with E-state index >= 15 is 0 Å². The Morgan fingerprint density at radius 2 is 1.70 bits per heavy atom. The summed E-state index contributed by atoms with van der Waals surface area (Å²) >= 11 is 10.4. The molecular formula is C19H20Br2N4S2. The van der Waals surface area contributed by atoms with Gasteiger partial charge in [0.25, 0.3) is 0 Å². The van der Waals surface area contributed by atoms with Crippen molar-refractivity contribution in [1.82, 2.24) is 10.7 Å². The molecule has 0 unspecified atom stereocenters. The Labute approximate surface area is 184 Å². The Kier molecular flexibility index (Phi) is 7.08. The molecule has 0 atom stereocenters. The van der Waals surface area contributed by atoms with Gasteiger partial charge in [-0.25, -0.2) is 5.43 Å². The molecule has 0 amide bonds. The highest BCUT2D eigenvalue weighted by Crippen LogP contribution is 2.24. The van der Waals surface area contributed by atoms with Crippen LogP contribution in [0.2, 0.25) is 0 Å². The summed E-state index contributed by atoms with van der Waals surface area (Å²) in [6, 6.07) is 8.23. The van der Waals surface area contributed by atoms with Crippen LogP contribution in [0.3, 0.4) is 0 Å². The van der Waals surface area contributed by atoms with Crippen molar-refractivity contribution in [3.8, 4) is 0 Å². The highest BCUT2D eigenvalue weighted by molar-refractivity contribution is 9.11. The smallest absolute Gasteiger partial charge is 0.212 e. The van der Waals surface area contributed by atoms with Crippen LogP contribution in [0.1, 0.15) is 23.6 Å². The van der Waals surface area contributed by atoms with Gasteiger partial charge < -0.3 is 5.32 Å². The van der Waals surface area contributed by atoms with E-state index in [0.717, 1.165) is 36.1 Å². The minimum absolute atomic E-state index is 0.177. The minimum Gasteiger partial charge on any atom is -0.354 e. The molecule has 0 saturated heterocycles. The summed E-state index contributed by atoms with van der Waals surface area (Å²) in [6.45, 7) is 6.05. The van der Waals surface area contributed by atoms with Crippen molar-refractivity contribution < 1.29 is 0 Å². The van der Waals surface area contributed by atoms with Crippen LogP contribution in [-0.2, 0) is 0 Å². The van der Waals surface area contributed by atoms with Crippen molar-refractivity contribution in [3.63, 3.8) is 0 Å². The van der Waals surface area contributed by atoms with Crippen LogP contribution >= 0.6 is 54.5 Å². The van der Waals surface area contributed by atoms with Crippen molar-refractivity contribution in [2.45, 2.75) is 13.8 Å². The normalized spacial score (nSPS) is 16.4. The zero-order valence-corrected chi connectivity index (χ0v) is 19.8. The molecule has 4 nitrogen and oxygen atoms in total. The largest absolute Gasteiger partial charge is 0.354 e. The molecule has 0 aromatic carbocycles. The van der Waals surface area contributed by atoms with Gasteiger partial charge in [-0.15, -0.1) is 22.7 Å². The molecule has 2 aromatic heterocycles.